The lowest BCUT2D eigenvalue weighted by Crippen LogP contribution is -2.12. The van der Waals surface area contributed by atoms with Crippen molar-refractivity contribution in [2.45, 2.75) is 0 Å². The molecule has 2 aromatic rings. The maximum Gasteiger partial charge on any atom is 0.326 e. The van der Waals surface area contributed by atoms with E-state index in [0.29, 0.717) is 5.75 Å². The summed E-state index contributed by atoms with van der Waals surface area (Å²) >= 11 is 3.35. The number of methoxy groups -OCH3 is 1. The normalized spacial score (nSPS) is 10.8. The summed E-state index contributed by atoms with van der Waals surface area (Å²) in [7, 11) is 3.29. The second kappa shape index (κ2) is 3.16. The smallest absolute Gasteiger partial charge is 0.326 e. The van der Waals surface area contributed by atoms with Crippen LogP contribution in [0.1, 0.15) is 0 Å². The summed E-state index contributed by atoms with van der Waals surface area (Å²) in [6.07, 6.45) is 0. The van der Waals surface area contributed by atoms with E-state index in [1.54, 1.807) is 14.2 Å². The fourth-order valence-corrected chi connectivity index (χ4v) is 1.91. The molecule has 4 nitrogen and oxygen atoms in total. The largest absolute Gasteiger partial charge is 0.494 e. The predicted molar refractivity (Wildman–Crippen MR) is 57.8 cm³/mol. The fourth-order valence-electron chi connectivity index (χ4n) is 1.47. The molecule has 14 heavy (non-hydrogen) atoms. The number of fused-ring (bicyclic) bond motifs is 1. The number of aromatic amines is 1. The van der Waals surface area contributed by atoms with E-state index >= 15 is 0 Å². The van der Waals surface area contributed by atoms with Crippen LogP contribution in [0.4, 0.5) is 0 Å². The Bertz CT molecular complexity index is 541. The third kappa shape index (κ3) is 1.24. The third-order valence-corrected chi connectivity index (χ3v) is 2.60. The van der Waals surface area contributed by atoms with Crippen molar-refractivity contribution in [2.24, 2.45) is 7.05 Å². The molecule has 0 aliphatic rings. The van der Waals surface area contributed by atoms with Crippen LogP contribution in [-0.4, -0.2) is 16.7 Å². The van der Waals surface area contributed by atoms with E-state index in [1.807, 2.05) is 12.1 Å². The van der Waals surface area contributed by atoms with E-state index in [1.165, 1.54) is 4.57 Å². The zero-order chi connectivity index (χ0) is 10.3. The van der Waals surface area contributed by atoms with Crippen LogP contribution in [0.15, 0.2) is 21.4 Å². The molecule has 0 amide bonds. The Labute approximate surface area is 88.6 Å². The number of hydrogen-bond donors (Lipinski definition) is 1. The lowest BCUT2D eigenvalue weighted by atomic mass is 10.3. The van der Waals surface area contributed by atoms with Gasteiger partial charge in [0.2, 0.25) is 0 Å². The minimum atomic E-state index is -0.142. The Balaban J connectivity index is 2.96. The Morgan fingerprint density at radius 3 is 2.86 bits per heavy atom. The number of halogens is 1. The van der Waals surface area contributed by atoms with Crippen LogP contribution in [0.3, 0.4) is 0 Å². The highest BCUT2D eigenvalue weighted by molar-refractivity contribution is 9.10. The summed E-state index contributed by atoms with van der Waals surface area (Å²) in [4.78, 5) is 14.1. The van der Waals surface area contributed by atoms with E-state index < -0.39 is 0 Å². The molecule has 1 N–H and O–H groups in total. The lowest BCUT2D eigenvalue weighted by molar-refractivity contribution is 0.417. The zero-order valence-electron chi connectivity index (χ0n) is 7.80. The van der Waals surface area contributed by atoms with Crippen LogP contribution in [-0.2, 0) is 7.05 Å². The van der Waals surface area contributed by atoms with Crippen molar-refractivity contribution in [1.29, 1.82) is 0 Å². The highest BCUT2D eigenvalue weighted by atomic mass is 79.9. The first-order valence-electron chi connectivity index (χ1n) is 4.05. The predicted octanol–water partition coefficient (Wildman–Crippen LogP) is 1.64. The average molecular weight is 257 g/mol. The number of nitrogens with zero attached hydrogens (tertiary/aromatic N) is 1. The van der Waals surface area contributed by atoms with Gasteiger partial charge in [0, 0.05) is 11.5 Å². The van der Waals surface area contributed by atoms with Gasteiger partial charge in [0.15, 0.2) is 0 Å². The topological polar surface area (TPSA) is 47.0 Å². The zero-order valence-corrected chi connectivity index (χ0v) is 9.38. The molecule has 74 valence electrons. The summed E-state index contributed by atoms with van der Waals surface area (Å²) in [5.74, 6) is 0.676. The Hall–Kier alpha value is -1.23. The van der Waals surface area contributed by atoms with Gasteiger partial charge in [-0.15, -0.1) is 0 Å². The van der Waals surface area contributed by atoms with Gasteiger partial charge in [-0.2, -0.15) is 0 Å². The first kappa shape index (κ1) is 9.33. The van der Waals surface area contributed by atoms with Crippen LogP contribution in [0.5, 0.6) is 5.75 Å². The maximum absolute atomic E-state index is 11.4. The second-order valence-corrected chi connectivity index (χ2v) is 3.91. The Morgan fingerprint density at radius 2 is 2.21 bits per heavy atom. The minimum absolute atomic E-state index is 0.142. The highest BCUT2D eigenvalue weighted by Gasteiger charge is 2.09. The molecule has 0 aliphatic heterocycles. The molecular weight excluding hydrogens is 248 g/mol. The fraction of sp³-hybridized carbons (Fsp3) is 0.222. The molecule has 0 spiro atoms. The van der Waals surface area contributed by atoms with Crippen LogP contribution >= 0.6 is 15.9 Å². The van der Waals surface area contributed by atoms with Crippen LogP contribution in [0, 0.1) is 0 Å². The summed E-state index contributed by atoms with van der Waals surface area (Å²) in [6.45, 7) is 0. The minimum Gasteiger partial charge on any atom is -0.494 e. The van der Waals surface area contributed by atoms with Crippen molar-refractivity contribution in [3.05, 3.63) is 27.1 Å². The van der Waals surface area contributed by atoms with Crippen molar-refractivity contribution < 1.29 is 4.74 Å². The molecule has 0 bridgehead atoms. The molecule has 5 heteroatoms. The first-order chi connectivity index (χ1) is 6.63. The molecule has 0 atom stereocenters. The van der Waals surface area contributed by atoms with Crippen molar-refractivity contribution in [2.75, 3.05) is 7.11 Å². The first-order valence-corrected chi connectivity index (χ1v) is 4.85. The quantitative estimate of drug-likeness (QED) is 0.844. The summed E-state index contributed by atoms with van der Waals surface area (Å²) in [6, 6.07) is 3.68. The number of ether oxygens (including phenoxy) is 1. The standard InChI is InChI=1S/C9H9BrN2O2/c1-12-8-6(11-9(12)13)3-5(10)4-7(8)14-2/h3-4H,1-2H3,(H,11,13). The molecule has 1 heterocycles. The van der Waals surface area contributed by atoms with E-state index in [0.717, 1.165) is 15.5 Å². The lowest BCUT2D eigenvalue weighted by Gasteiger charge is -2.03. The van der Waals surface area contributed by atoms with Gasteiger partial charge in [0.1, 0.15) is 11.3 Å². The number of aryl methyl sites for hydroxylation is 1. The number of aromatic nitrogens is 2. The Kier molecular flexibility index (Phi) is 2.11. The summed E-state index contributed by atoms with van der Waals surface area (Å²) in [5.41, 5.74) is 1.40. The molecule has 0 unspecified atom stereocenters. The van der Waals surface area contributed by atoms with Gasteiger partial charge in [0.25, 0.3) is 0 Å². The molecule has 0 aliphatic carbocycles. The maximum atomic E-state index is 11.4. The average Bonchev–Trinajstić information content (AvgIpc) is 2.41. The van der Waals surface area contributed by atoms with Crippen molar-refractivity contribution in [3.63, 3.8) is 0 Å². The second-order valence-electron chi connectivity index (χ2n) is 2.99. The van der Waals surface area contributed by atoms with Crippen LogP contribution in [0.2, 0.25) is 0 Å². The summed E-state index contributed by atoms with van der Waals surface area (Å²) < 4.78 is 7.60. The molecule has 1 aromatic carbocycles. The van der Waals surface area contributed by atoms with Gasteiger partial charge in [-0.3, -0.25) is 4.57 Å². The number of H-pyrrole nitrogens is 1. The number of rotatable bonds is 1. The molecular formula is C9H9BrN2O2. The van der Waals surface area contributed by atoms with Gasteiger partial charge < -0.3 is 9.72 Å². The SMILES string of the molecule is COc1cc(Br)cc2[nH]c(=O)n(C)c12. The van der Waals surface area contributed by atoms with Crippen molar-refractivity contribution in [1.82, 2.24) is 9.55 Å². The Morgan fingerprint density at radius 1 is 1.50 bits per heavy atom. The van der Waals surface area contributed by atoms with Crippen LogP contribution < -0.4 is 10.4 Å². The third-order valence-electron chi connectivity index (χ3n) is 2.14. The molecule has 0 fully saturated rings. The van der Waals surface area contributed by atoms with Gasteiger partial charge in [-0.1, -0.05) is 15.9 Å². The van der Waals surface area contributed by atoms with Crippen molar-refractivity contribution >= 4 is 27.0 Å². The van der Waals surface area contributed by atoms with E-state index in [9.17, 15) is 4.79 Å². The van der Waals surface area contributed by atoms with E-state index in [-0.39, 0.29) is 5.69 Å². The molecule has 0 radical (unpaired) electrons. The van der Waals surface area contributed by atoms with Gasteiger partial charge in [-0.25, -0.2) is 4.79 Å². The van der Waals surface area contributed by atoms with Gasteiger partial charge >= 0.3 is 5.69 Å². The number of imidazole rings is 1. The van der Waals surface area contributed by atoms with E-state index in [2.05, 4.69) is 20.9 Å². The molecule has 1 aromatic heterocycles. The number of hydrogen-bond acceptors (Lipinski definition) is 2. The number of benzene rings is 1. The van der Waals surface area contributed by atoms with E-state index in [4.69, 9.17) is 4.74 Å². The summed E-state index contributed by atoms with van der Waals surface area (Å²) in [5, 5.41) is 0. The van der Waals surface area contributed by atoms with Gasteiger partial charge in [-0.05, 0) is 12.1 Å². The van der Waals surface area contributed by atoms with Gasteiger partial charge in [0.05, 0.1) is 12.6 Å². The van der Waals surface area contributed by atoms with Crippen molar-refractivity contribution in [3.8, 4) is 5.75 Å². The monoisotopic (exact) mass is 256 g/mol. The molecule has 0 saturated carbocycles. The van der Waals surface area contributed by atoms with Crippen LogP contribution in [0.25, 0.3) is 11.0 Å². The molecule has 2 rings (SSSR count). The highest BCUT2D eigenvalue weighted by Crippen LogP contribution is 2.27. The number of nitrogens with one attached hydrogen (secondary N) is 1. The molecule has 0 saturated heterocycles.